The van der Waals surface area contributed by atoms with E-state index in [1.165, 1.54) is 0 Å². The van der Waals surface area contributed by atoms with E-state index in [9.17, 15) is 9.36 Å². The maximum atomic E-state index is 10.9. The number of carbonyl (C=O) groups excluding carboxylic acids is 1. The summed E-state index contributed by atoms with van der Waals surface area (Å²) in [5, 5.41) is 0. The van der Waals surface area contributed by atoms with Crippen molar-refractivity contribution in [2.75, 3.05) is 6.54 Å². The van der Waals surface area contributed by atoms with E-state index >= 15 is 0 Å². The lowest BCUT2D eigenvalue weighted by Crippen LogP contribution is -2.31. The van der Waals surface area contributed by atoms with E-state index in [0.717, 1.165) is 0 Å². The molecular formula is C6H15N2O5P. The maximum absolute atomic E-state index is 10.9. The quantitative estimate of drug-likeness (QED) is 0.339. The van der Waals surface area contributed by atoms with Crippen molar-refractivity contribution in [3.63, 3.8) is 0 Å². The minimum atomic E-state index is -4.77. The fourth-order valence-electron chi connectivity index (χ4n) is 0.811. The number of rotatable bonds is 6. The van der Waals surface area contributed by atoms with E-state index in [4.69, 9.17) is 21.3 Å². The van der Waals surface area contributed by atoms with Crippen molar-refractivity contribution < 1.29 is 23.7 Å². The molecule has 84 valence electrons. The van der Waals surface area contributed by atoms with E-state index in [0.29, 0.717) is 25.8 Å². The van der Waals surface area contributed by atoms with Gasteiger partial charge in [-0.05, 0) is 19.4 Å². The van der Waals surface area contributed by atoms with Crippen LogP contribution >= 0.6 is 7.82 Å². The standard InChI is InChI=1S/C6H15N2O5P/c7-4-2-1-3-5(8)6(9)13-14(10,11)12/h5H,1-4,7-8H2,(H2,10,11,12)/t5-/m0/s1. The number of hydrogen-bond donors (Lipinski definition) is 4. The lowest BCUT2D eigenvalue weighted by atomic mass is 10.1. The Hall–Kier alpha value is -0.460. The van der Waals surface area contributed by atoms with E-state index in [-0.39, 0.29) is 0 Å². The average Bonchev–Trinajstić information content (AvgIpc) is 2.01. The van der Waals surface area contributed by atoms with Gasteiger partial charge in [0.1, 0.15) is 6.04 Å². The molecule has 0 aromatic heterocycles. The van der Waals surface area contributed by atoms with Crippen molar-refractivity contribution in [1.82, 2.24) is 0 Å². The summed E-state index contributed by atoms with van der Waals surface area (Å²) in [7, 11) is -4.77. The van der Waals surface area contributed by atoms with Gasteiger partial charge in [-0.2, -0.15) is 0 Å². The first kappa shape index (κ1) is 13.5. The van der Waals surface area contributed by atoms with Crippen LogP contribution in [0.4, 0.5) is 0 Å². The van der Waals surface area contributed by atoms with Crippen LogP contribution in [-0.4, -0.2) is 28.3 Å². The molecular weight excluding hydrogens is 211 g/mol. The number of phosphoric ester groups is 1. The zero-order chi connectivity index (χ0) is 11.2. The predicted octanol–water partition coefficient (Wildman–Crippen LogP) is -0.921. The Morgan fingerprint density at radius 2 is 2.00 bits per heavy atom. The third-order valence-corrected chi connectivity index (χ3v) is 1.90. The Morgan fingerprint density at radius 1 is 1.43 bits per heavy atom. The number of carbonyl (C=O) groups is 1. The van der Waals surface area contributed by atoms with Crippen LogP contribution in [-0.2, 0) is 13.9 Å². The zero-order valence-electron chi connectivity index (χ0n) is 7.63. The number of phosphoric acid groups is 1. The number of unbranched alkanes of at least 4 members (excludes halogenated alkanes) is 1. The molecule has 0 spiro atoms. The second-order valence-electron chi connectivity index (χ2n) is 2.79. The van der Waals surface area contributed by atoms with Crippen LogP contribution in [0.3, 0.4) is 0 Å². The summed E-state index contributed by atoms with van der Waals surface area (Å²) in [6, 6.07) is -1.01. The minimum Gasteiger partial charge on any atom is -0.369 e. The molecule has 7 nitrogen and oxygen atoms in total. The van der Waals surface area contributed by atoms with Crippen molar-refractivity contribution in [2.24, 2.45) is 11.5 Å². The topological polar surface area (TPSA) is 136 Å². The van der Waals surface area contributed by atoms with Gasteiger partial charge in [0.25, 0.3) is 0 Å². The molecule has 0 amide bonds. The molecule has 0 fully saturated rings. The molecule has 0 bridgehead atoms. The molecule has 0 aliphatic heterocycles. The highest BCUT2D eigenvalue weighted by Gasteiger charge is 2.24. The van der Waals surface area contributed by atoms with E-state index in [2.05, 4.69) is 4.52 Å². The van der Waals surface area contributed by atoms with Crippen LogP contribution in [0.2, 0.25) is 0 Å². The maximum Gasteiger partial charge on any atom is 0.527 e. The first-order valence-electron chi connectivity index (χ1n) is 4.11. The van der Waals surface area contributed by atoms with Crippen LogP contribution in [0.5, 0.6) is 0 Å². The highest BCUT2D eigenvalue weighted by atomic mass is 31.2. The lowest BCUT2D eigenvalue weighted by Gasteiger charge is -2.10. The molecule has 0 aliphatic carbocycles. The van der Waals surface area contributed by atoms with E-state index in [1.807, 2.05) is 0 Å². The fourth-order valence-corrected chi connectivity index (χ4v) is 1.18. The molecule has 0 aliphatic rings. The molecule has 14 heavy (non-hydrogen) atoms. The van der Waals surface area contributed by atoms with Gasteiger partial charge in [0.05, 0.1) is 0 Å². The first-order valence-corrected chi connectivity index (χ1v) is 5.64. The zero-order valence-corrected chi connectivity index (χ0v) is 8.52. The van der Waals surface area contributed by atoms with E-state index in [1.54, 1.807) is 0 Å². The third kappa shape index (κ3) is 6.99. The van der Waals surface area contributed by atoms with Gasteiger partial charge in [-0.1, -0.05) is 6.42 Å². The monoisotopic (exact) mass is 226 g/mol. The highest BCUT2D eigenvalue weighted by Crippen LogP contribution is 2.36. The highest BCUT2D eigenvalue weighted by molar-refractivity contribution is 7.46. The van der Waals surface area contributed by atoms with Gasteiger partial charge in [0.2, 0.25) is 0 Å². The molecule has 8 heteroatoms. The minimum absolute atomic E-state index is 0.302. The molecule has 0 unspecified atom stereocenters. The van der Waals surface area contributed by atoms with E-state index < -0.39 is 19.8 Å². The van der Waals surface area contributed by atoms with Crippen LogP contribution in [0, 0.1) is 0 Å². The van der Waals surface area contributed by atoms with Gasteiger partial charge >= 0.3 is 13.8 Å². The Bertz CT molecular complexity index is 228. The average molecular weight is 226 g/mol. The fraction of sp³-hybridized carbons (Fsp3) is 0.833. The number of hydrogen-bond acceptors (Lipinski definition) is 5. The van der Waals surface area contributed by atoms with Crippen molar-refractivity contribution in [2.45, 2.75) is 25.3 Å². The summed E-state index contributed by atoms with van der Waals surface area (Å²) in [6.45, 7) is 0.486. The van der Waals surface area contributed by atoms with Gasteiger partial charge in [-0.3, -0.25) is 9.79 Å². The molecule has 0 aromatic rings. The molecule has 0 heterocycles. The summed E-state index contributed by atoms with van der Waals surface area (Å²) in [4.78, 5) is 27.5. The van der Waals surface area contributed by atoms with Gasteiger partial charge < -0.3 is 16.0 Å². The van der Waals surface area contributed by atoms with Gasteiger partial charge in [0, 0.05) is 0 Å². The first-order chi connectivity index (χ1) is 6.37. The predicted molar refractivity (Wildman–Crippen MR) is 49.0 cm³/mol. The van der Waals surface area contributed by atoms with Gasteiger partial charge in [0.15, 0.2) is 0 Å². The van der Waals surface area contributed by atoms with Crippen molar-refractivity contribution in [1.29, 1.82) is 0 Å². The third-order valence-electron chi connectivity index (χ3n) is 1.48. The SMILES string of the molecule is NCCCC[C@H](N)C(=O)OP(=O)(O)O. The largest absolute Gasteiger partial charge is 0.527 e. The second-order valence-corrected chi connectivity index (χ2v) is 3.96. The molecule has 0 radical (unpaired) electrons. The summed E-state index contributed by atoms with van der Waals surface area (Å²) in [6.07, 6.45) is 1.63. The smallest absolute Gasteiger partial charge is 0.369 e. The van der Waals surface area contributed by atoms with Crippen LogP contribution in [0.25, 0.3) is 0 Å². The van der Waals surface area contributed by atoms with Crippen molar-refractivity contribution >= 4 is 13.8 Å². The second kappa shape index (κ2) is 6.10. The van der Waals surface area contributed by atoms with Crippen LogP contribution in [0.1, 0.15) is 19.3 Å². The summed E-state index contributed by atoms with van der Waals surface area (Å²) in [5.41, 5.74) is 10.5. The number of nitrogens with two attached hydrogens (primary N) is 2. The Morgan fingerprint density at radius 3 is 2.43 bits per heavy atom. The molecule has 0 saturated heterocycles. The van der Waals surface area contributed by atoms with Crippen molar-refractivity contribution in [3.05, 3.63) is 0 Å². The van der Waals surface area contributed by atoms with Gasteiger partial charge in [-0.25, -0.2) is 9.36 Å². The molecule has 0 aromatic carbocycles. The Labute approximate surface area is 81.7 Å². The molecule has 6 N–H and O–H groups in total. The summed E-state index contributed by atoms with van der Waals surface area (Å²) < 4.78 is 14.1. The Kier molecular flexibility index (Phi) is 5.90. The lowest BCUT2D eigenvalue weighted by molar-refractivity contribution is -0.137. The molecule has 0 rings (SSSR count). The van der Waals surface area contributed by atoms with Crippen LogP contribution in [0.15, 0.2) is 0 Å². The molecule has 0 saturated carbocycles. The molecule has 1 atom stereocenters. The van der Waals surface area contributed by atoms with Crippen LogP contribution < -0.4 is 11.5 Å². The van der Waals surface area contributed by atoms with Gasteiger partial charge in [-0.15, -0.1) is 0 Å². The normalized spacial score (nSPS) is 13.7. The Balaban J connectivity index is 3.82. The summed E-state index contributed by atoms with van der Waals surface area (Å²) >= 11 is 0. The summed E-state index contributed by atoms with van der Waals surface area (Å²) in [5.74, 6) is -1.09. The van der Waals surface area contributed by atoms with Crippen molar-refractivity contribution in [3.8, 4) is 0 Å².